The zero-order valence-electron chi connectivity index (χ0n) is 17.2. The Hall–Kier alpha value is -2.64. The van der Waals surface area contributed by atoms with Gasteiger partial charge in [0.1, 0.15) is 5.69 Å². The minimum atomic E-state index is -3.44. The SMILES string of the molecule is Cc1cc(C)c2cc(C(=O)NCc3ccccc3CS(=O)(=O)NC(C)C)[nH]c2c1. The molecule has 3 rings (SSSR count). The fraction of sp³-hybridized carbons (Fsp3) is 0.318. The lowest BCUT2D eigenvalue weighted by atomic mass is 10.1. The number of nitrogens with one attached hydrogen (secondary N) is 3. The molecule has 0 bridgehead atoms. The van der Waals surface area contributed by atoms with Crippen molar-refractivity contribution in [2.75, 3.05) is 0 Å². The van der Waals surface area contributed by atoms with E-state index >= 15 is 0 Å². The van der Waals surface area contributed by atoms with Crippen molar-refractivity contribution >= 4 is 26.8 Å². The third-order valence-electron chi connectivity index (χ3n) is 4.65. The molecule has 0 spiro atoms. The number of sulfonamides is 1. The summed E-state index contributed by atoms with van der Waals surface area (Å²) in [6.07, 6.45) is 0. The Kier molecular flexibility index (Phi) is 6.10. The van der Waals surface area contributed by atoms with Crippen LogP contribution in [0.3, 0.4) is 0 Å². The van der Waals surface area contributed by atoms with E-state index < -0.39 is 10.0 Å². The summed E-state index contributed by atoms with van der Waals surface area (Å²) in [5, 5.41) is 3.91. The van der Waals surface area contributed by atoms with Gasteiger partial charge in [0.05, 0.1) is 5.75 Å². The van der Waals surface area contributed by atoms with Crippen molar-refractivity contribution in [3.05, 3.63) is 70.4 Å². The summed E-state index contributed by atoms with van der Waals surface area (Å²) in [6, 6.07) is 13.0. The second-order valence-electron chi connectivity index (χ2n) is 7.71. The summed E-state index contributed by atoms with van der Waals surface area (Å²) in [7, 11) is -3.44. The number of aromatic amines is 1. The molecule has 1 aromatic heterocycles. The lowest BCUT2D eigenvalue weighted by molar-refractivity contribution is 0.0946. The van der Waals surface area contributed by atoms with E-state index in [1.54, 1.807) is 26.0 Å². The van der Waals surface area contributed by atoms with Gasteiger partial charge in [-0.2, -0.15) is 0 Å². The number of hydrogen-bond donors (Lipinski definition) is 3. The maximum absolute atomic E-state index is 12.7. The van der Waals surface area contributed by atoms with Gasteiger partial charge < -0.3 is 10.3 Å². The molecule has 0 saturated heterocycles. The molecule has 0 unspecified atom stereocenters. The molecule has 29 heavy (non-hydrogen) atoms. The highest BCUT2D eigenvalue weighted by molar-refractivity contribution is 7.88. The van der Waals surface area contributed by atoms with E-state index in [1.165, 1.54) is 0 Å². The molecule has 6 nitrogen and oxygen atoms in total. The number of fused-ring (bicyclic) bond motifs is 1. The Balaban J connectivity index is 1.75. The molecule has 0 saturated carbocycles. The summed E-state index contributed by atoms with van der Waals surface area (Å²) >= 11 is 0. The fourth-order valence-corrected chi connectivity index (χ4v) is 4.96. The molecule has 7 heteroatoms. The van der Waals surface area contributed by atoms with Gasteiger partial charge in [0.25, 0.3) is 5.91 Å². The minimum Gasteiger partial charge on any atom is -0.351 e. The molecule has 0 aliphatic heterocycles. The number of benzene rings is 2. The van der Waals surface area contributed by atoms with Gasteiger partial charge in [-0.3, -0.25) is 4.79 Å². The van der Waals surface area contributed by atoms with Crippen molar-refractivity contribution in [1.29, 1.82) is 0 Å². The average molecular weight is 414 g/mol. The zero-order valence-corrected chi connectivity index (χ0v) is 18.0. The Bertz CT molecular complexity index is 1150. The van der Waals surface area contributed by atoms with Gasteiger partial charge in [0.15, 0.2) is 0 Å². The van der Waals surface area contributed by atoms with E-state index in [2.05, 4.69) is 21.1 Å². The summed E-state index contributed by atoms with van der Waals surface area (Å²) < 4.78 is 27.1. The smallest absolute Gasteiger partial charge is 0.267 e. The highest BCUT2D eigenvalue weighted by atomic mass is 32.2. The van der Waals surface area contributed by atoms with Crippen LogP contribution in [0.4, 0.5) is 0 Å². The standard InChI is InChI=1S/C22H27N3O3S/c1-14(2)25-29(27,28)13-18-8-6-5-7-17(18)12-23-22(26)21-11-19-16(4)9-15(3)10-20(19)24-21/h5-11,14,24-25H,12-13H2,1-4H3,(H,23,26). The van der Waals surface area contributed by atoms with Crippen molar-refractivity contribution in [3.63, 3.8) is 0 Å². The monoisotopic (exact) mass is 413 g/mol. The molecule has 0 aliphatic rings. The molecule has 2 aromatic carbocycles. The van der Waals surface area contributed by atoms with Gasteiger partial charge >= 0.3 is 0 Å². The highest BCUT2D eigenvalue weighted by Crippen LogP contribution is 2.21. The lowest BCUT2D eigenvalue weighted by Crippen LogP contribution is -2.32. The molecule has 3 aromatic rings. The van der Waals surface area contributed by atoms with Crippen LogP contribution < -0.4 is 10.0 Å². The highest BCUT2D eigenvalue weighted by Gasteiger charge is 2.16. The van der Waals surface area contributed by atoms with Crippen LogP contribution in [-0.2, 0) is 22.3 Å². The zero-order chi connectivity index (χ0) is 21.2. The quantitative estimate of drug-likeness (QED) is 0.553. The predicted octanol–water partition coefficient (Wildman–Crippen LogP) is 3.54. The Labute approximate surface area is 171 Å². The molecule has 0 radical (unpaired) electrons. The van der Waals surface area contributed by atoms with E-state index in [0.29, 0.717) is 11.3 Å². The van der Waals surface area contributed by atoms with Crippen LogP contribution in [0.2, 0.25) is 0 Å². The van der Waals surface area contributed by atoms with E-state index in [1.807, 2.05) is 38.1 Å². The van der Waals surface area contributed by atoms with Gasteiger partial charge in [-0.25, -0.2) is 13.1 Å². The second-order valence-corrected chi connectivity index (χ2v) is 9.46. The van der Waals surface area contributed by atoms with Gasteiger partial charge in [-0.05, 0) is 62.1 Å². The first-order valence-corrected chi connectivity index (χ1v) is 11.2. The van der Waals surface area contributed by atoms with Gasteiger partial charge in [-0.1, -0.05) is 30.3 Å². The van der Waals surface area contributed by atoms with Crippen LogP contribution in [0.1, 0.15) is 46.6 Å². The van der Waals surface area contributed by atoms with E-state index in [4.69, 9.17) is 0 Å². The average Bonchev–Trinajstić information content (AvgIpc) is 3.03. The number of amides is 1. The first kappa shape index (κ1) is 21.1. The number of carbonyl (C=O) groups is 1. The molecular weight excluding hydrogens is 386 g/mol. The Morgan fingerprint density at radius 1 is 1.07 bits per heavy atom. The van der Waals surface area contributed by atoms with Crippen molar-refractivity contribution in [3.8, 4) is 0 Å². The number of aryl methyl sites for hydroxylation is 2. The summed E-state index contributed by atoms with van der Waals surface area (Å²) in [5.41, 5.74) is 5.11. The molecule has 3 N–H and O–H groups in total. The fourth-order valence-electron chi connectivity index (χ4n) is 3.47. The van der Waals surface area contributed by atoms with Crippen molar-refractivity contribution in [2.24, 2.45) is 0 Å². The Morgan fingerprint density at radius 3 is 2.45 bits per heavy atom. The molecule has 1 heterocycles. The normalized spacial score (nSPS) is 11.9. The number of aromatic nitrogens is 1. The molecule has 0 aliphatic carbocycles. The largest absolute Gasteiger partial charge is 0.351 e. The maximum atomic E-state index is 12.7. The third kappa shape index (κ3) is 5.25. The maximum Gasteiger partial charge on any atom is 0.267 e. The molecule has 1 amide bonds. The van der Waals surface area contributed by atoms with Crippen LogP contribution in [0.5, 0.6) is 0 Å². The van der Waals surface area contributed by atoms with Crippen molar-refractivity contribution in [1.82, 2.24) is 15.0 Å². The third-order valence-corrected chi connectivity index (χ3v) is 6.17. The molecule has 0 fully saturated rings. The lowest BCUT2D eigenvalue weighted by Gasteiger charge is -2.13. The second kappa shape index (κ2) is 8.39. The first-order chi connectivity index (χ1) is 13.6. The van der Waals surface area contributed by atoms with Crippen LogP contribution in [-0.4, -0.2) is 25.4 Å². The van der Waals surface area contributed by atoms with Crippen molar-refractivity contribution in [2.45, 2.75) is 46.0 Å². The topological polar surface area (TPSA) is 91.1 Å². The first-order valence-electron chi connectivity index (χ1n) is 9.59. The number of H-pyrrole nitrogens is 1. The van der Waals surface area contributed by atoms with Crippen LogP contribution in [0, 0.1) is 13.8 Å². The van der Waals surface area contributed by atoms with Crippen LogP contribution >= 0.6 is 0 Å². The number of hydrogen-bond acceptors (Lipinski definition) is 3. The summed E-state index contributed by atoms with van der Waals surface area (Å²) in [4.78, 5) is 15.8. The minimum absolute atomic E-state index is 0.123. The molecule has 154 valence electrons. The van der Waals surface area contributed by atoms with Gasteiger partial charge in [0, 0.05) is 23.5 Å². The summed E-state index contributed by atoms with van der Waals surface area (Å²) in [6.45, 7) is 7.86. The van der Waals surface area contributed by atoms with Gasteiger partial charge in [-0.15, -0.1) is 0 Å². The number of carbonyl (C=O) groups excluding carboxylic acids is 1. The van der Waals surface area contributed by atoms with Crippen molar-refractivity contribution < 1.29 is 13.2 Å². The number of rotatable bonds is 7. The molecular formula is C22H27N3O3S. The van der Waals surface area contributed by atoms with E-state index in [9.17, 15) is 13.2 Å². The van der Waals surface area contributed by atoms with Crippen LogP contribution in [0.25, 0.3) is 10.9 Å². The predicted molar refractivity (Wildman–Crippen MR) is 116 cm³/mol. The summed E-state index contributed by atoms with van der Waals surface area (Å²) in [5.74, 6) is -0.349. The van der Waals surface area contributed by atoms with E-state index in [-0.39, 0.29) is 24.2 Å². The van der Waals surface area contributed by atoms with Crippen LogP contribution in [0.15, 0.2) is 42.5 Å². The Morgan fingerprint density at radius 2 is 1.76 bits per heavy atom. The molecule has 0 atom stereocenters. The van der Waals surface area contributed by atoms with E-state index in [0.717, 1.165) is 27.6 Å². The van der Waals surface area contributed by atoms with Gasteiger partial charge in [0.2, 0.25) is 10.0 Å².